The SMILES string of the molecule is Nc1cc(Cl)c2nonc2c1N. The first-order valence-corrected chi connectivity index (χ1v) is 3.53. The minimum Gasteiger partial charge on any atom is -0.397 e. The van der Waals surface area contributed by atoms with Crippen molar-refractivity contribution < 1.29 is 4.63 Å². The predicted octanol–water partition coefficient (Wildman–Crippen LogP) is 1.04. The maximum atomic E-state index is 5.78. The van der Waals surface area contributed by atoms with Crippen LogP contribution in [0.15, 0.2) is 10.7 Å². The number of anilines is 2. The van der Waals surface area contributed by atoms with Crippen LogP contribution in [0.25, 0.3) is 11.0 Å². The van der Waals surface area contributed by atoms with E-state index in [4.69, 9.17) is 23.1 Å². The minimum absolute atomic E-state index is 0.343. The second-order valence-electron chi connectivity index (χ2n) is 2.32. The van der Waals surface area contributed by atoms with Gasteiger partial charge in [0.05, 0.1) is 16.4 Å². The summed E-state index contributed by atoms with van der Waals surface area (Å²) in [6.07, 6.45) is 0. The van der Waals surface area contributed by atoms with Crippen LogP contribution in [0.4, 0.5) is 11.4 Å². The lowest BCUT2D eigenvalue weighted by molar-refractivity contribution is 0.315. The standard InChI is InChI=1S/C6H5ClN4O/c7-2-1-3(8)4(9)6-5(2)10-12-11-6/h1H,8-9H2. The van der Waals surface area contributed by atoms with Crippen LogP contribution in [0.3, 0.4) is 0 Å². The molecule has 0 radical (unpaired) electrons. The zero-order chi connectivity index (χ0) is 8.72. The molecule has 12 heavy (non-hydrogen) atoms. The van der Waals surface area contributed by atoms with Gasteiger partial charge in [0, 0.05) is 0 Å². The molecule has 6 heteroatoms. The lowest BCUT2D eigenvalue weighted by Crippen LogP contribution is -1.95. The van der Waals surface area contributed by atoms with E-state index in [0.29, 0.717) is 27.4 Å². The number of nitrogen functional groups attached to an aromatic ring is 2. The molecule has 0 aliphatic rings. The van der Waals surface area contributed by atoms with E-state index in [1.807, 2.05) is 0 Å². The Morgan fingerprint density at radius 2 is 1.92 bits per heavy atom. The zero-order valence-electron chi connectivity index (χ0n) is 5.91. The Hall–Kier alpha value is -1.49. The first-order chi connectivity index (χ1) is 5.70. The molecule has 0 saturated heterocycles. The largest absolute Gasteiger partial charge is 0.397 e. The molecule has 62 valence electrons. The average molecular weight is 185 g/mol. The molecule has 1 heterocycles. The van der Waals surface area contributed by atoms with Crippen LogP contribution in [0.1, 0.15) is 0 Å². The van der Waals surface area contributed by atoms with Crippen molar-refractivity contribution in [1.29, 1.82) is 0 Å². The van der Waals surface area contributed by atoms with Crippen LogP contribution in [0.5, 0.6) is 0 Å². The van der Waals surface area contributed by atoms with E-state index in [-0.39, 0.29) is 0 Å². The van der Waals surface area contributed by atoms with Crippen LogP contribution in [0, 0.1) is 0 Å². The Labute approximate surface area is 72.2 Å². The normalized spacial score (nSPS) is 10.8. The first kappa shape index (κ1) is 7.17. The van der Waals surface area contributed by atoms with E-state index < -0.39 is 0 Å². The quantitative estimate of drug-likeness (QED) is 0.597. The smallest absolute Gasteiger partial charge is 0.161 e. The van der Waals surface area contributed by atoms with Crippen molar-refractivity contribution >= 4 is 34.0 Å². The predicted molar refractivity (Wildman–Crippen MR) is 45.6 cm³/mol. The lowest BCUT2D eigenvalue weighted by Gasteiger charge is -1.98. The van der Waals surface area contributed by atoms with Crippen LogP contribution in [-0.2, 0) is 0 Å². The summed E-state index contributed by atoms with van der Waals surface area (Å²) in [7, 11) is 0. The van der Waals surface area contributed by atoms with Gasteiger partial charge in [0.15, 0.2) is 11.0 Å². The van der Waals surface area contributed by atoms with Crippen molar-refractivity contribution in [3.05, 3.63) is 11.1 Å². The maximum absolute atomic E-state index is 5.78. The number of fused-ring (bicyclic) bond motifs is 1. The molecule has 0 bridgehead atoms. The van der Waals surface area contributed by atoms with E-state index in [0.717, 1.165) is 0 Å². The van der Waals surface area contributed by atoms with Gasteiger partial charge in [-0.1, -0.05) is 11.6 Å². The molecular weight excluding hydrogens is 180 g/mol. The topological polar surface area (TPSA) is 91.0 Å². The summed E-state index contributed by atoms with van der Waals surface area (Å²) < 4.78 is 4.46. The van der Waals surface area contributed by atoms with Gasteiger partial charge in [-0.2, -0.15) is 0 Å². The molecule has 0 atom stereocenters. The molecule has 2 rings (SSSR count). The number of aromatic nitrogens is 2. The van der Waals surface area contributed by atoms with Crippen LogP contribution >= 0.6 is 11.6 Å². The highest BCUT2D eigenvalue weighted by atomic mass is 35.5. The Kier molecular flexibility index (Phi) is 1.34. The third-order valence-electron chi connectivity index (χ3n) is 1.56. The number of rotatable bonds is 0. The van der Waals surface area contributed by atoms with E-state index in [2.05, 4.69) is 14.9 Å². The highest BCUT2D eigenvalue weighted by Crippen LogP contribution is 2.30. The fourth-order valence-corrected chi connectivity index (χ4v) is 1.18. The van der Waals surface area contributed by atoms with Gasteiger partial charge in [0.25, 0.3) is 0 Å². The number of nitrogens with zero attached hydrogens (tertiary/aromatic N) is 2. The summed E-state index contributed by atoms with van der Waals surface area (Å²) in [6, 6.07) is 1.52. The van der Waals surface area contributed by atoms with E-state index in [9.17, 15) is 0 Å². The molecule has 0 saturated carbocycles. The fraction of sp³-hybridized carbons (Fsp3) is 0. The average Bonchev–Trinajstić information content (AvgIpc) is 2.48. The summed E-state index contributed by atoms with van der Waals surface area (Å²) >= 11 is 5.78. The molecule has 0 unspecified atom stereocenters. The fourth-order valence-electron chi connectivity index (χ4n) is 0.941. The van der Waals surface area contributed by atoms with E-state index in [1.165, 1.54) is 6.07 Å². The number of hydrogen-bond donors (Lipinski definition) is 2. The second-order valence-corrected chi connectivity index (χ2v) is 2.73. The van der Waals surface area contributed by atoms with Crippen LogP contribution in [0.2, 0.25) is 5.02 Å². The van der Waals surface area contributed by atoms with Crippen molar-refractivity contribution in [3.63, 3.8) is 0 Å². The summed E-state index contributed by atoms with van der Waals surface area (Å²) in [5, 5.41) is 7.52. The highest BCUT2D eigenvalue weighted by molar-refractivity contribution is 6.35. The van der Waals surface area contributed by atoms with Gasteiger partial charge in [-0.25, -0.2) is 4.63 Å². The molecule has 0 spiro atoms. The van der Waals surface area contributed by atoms with Crippen molar-refractivity contribution in [1.82, 2.24) is 10.3 Å². The molecule has 1 aromatic carbocycles. The number of benzene rings is 1. The summed E-state index contributed by atoms with van der Waals surface area (Å²) in [5.41, 5.74) is 12.7. The monoisotopic (exact) mass is 184 g/mol. The Bertz CT molecular complexity index is 438. The van der Waals surface area contributed by atoms with Gasteiger partial charge >= 0.3 is 0 Å². The summed E-state index contributed by atoms with van der Waals surface area (Å²) in [4.78, 5) is 0. The summed E-state index contributed by atoms with van der Waals surface area (Å²) in [5.74, 6) is 0. The Morgan fingerprint density at radius 3 is 2.67 bits per heavy atom. The van der Waals surface area contributed by atoms with Gasteiger partial charge in [0.1, 0.15) is 0 Å². The van der Waals surface area contributed by atoms with Crippen LogP contribution in [-0.4, -0.2) is 10.3 Å². The van der Waals surface area contributed by atoms with Gasteiger partial charge in [-0.05, 0) is 16.4 Å². The molecule has 0 fully saturated rings. The molecule has 5 nitrogen and oxygen atoms in total. The number of hydrogen-bond acceptors (Lipinski definition) is 5. The number of nitrogens with two attached hydrogens (primary N) is 2. The van der Waals surface area contributed by atoms with Gasteiger partial charge in [-0.3, -0.25) is 0 Å². The molecule has 0 aliphatic carbocycles. The first-order valence-electron chi connectivity index (χ1n) is 3.16. The highest BCUT2D eigenvalue weighted by Gasteiger charge is 2.11. The molecule has 0 aliphatic heterocycles. The molecule has 1 aromatic heterocycles. The van der Waals surface area contributed by atoms with Gasteiger partial charge in [-0.15, -0.1) is 0 Å². The van der Waals surface area contributed by atoms with Crippen molar-refractivity contribution in [2.75, 3.05) is 11.5 Å². The van der Waals surface area contributed by atoms with Crippen molar-refractivity contribution in [3.8, 4) is 0 Å². The van der Waals surface area contributed by atoms with E-state index in [1.54, 1.807) is 0 Å². The van der Waals surface area contributed by atoms with Gasteiger partial charge in [0.2, 0.25) is 0 Å². The van der Waals surface area contributed by atoms with Crippen LogP contribution < -0.4 is 11.5 Å². The lowest BCUT2D eigenvalue weighted by atomic mass is 10.2. The molecule has 4 N–H and O–H groups in total. The maximum Gasteiger partial charge on any atom is 0.161 e. The Balaban J connectivity index is 2.97. The third kappa shape index (κ3) is 0.799. The Morgan fingerprint density at radius 1 is 1.25 bits per heavy atom. The molecule has 2 aromatic rings. The van der Waals surface area contributed by atoms with Crippen molar-refractivity contribution in [2.45, 2.75) is 0 Å². The summed E-state index contributed by atoms with van der Waals surface area (Å²) in [6.45, 7) is 0. The number of halogens is 1. The van der Waals surface area contributed by atoms with E-state index >= 15 is 0 Å². The van der Waals surface area contributed by atoms with Gasteiger partial charge < -0.3 is 11.5 Å². The second kappa shape index (κ2) is 2.25. The third-order valence-corrected chi connectivity index (χ3v) is 1.85. The molecule has 0 amide bonds. The zero-order valence-corrected chi connectivity index (χ0v) is 6.67. The minimum atomic E-state index is 0.343. The molecular formula is C6H5ClN4O. The van der Waals surface area contributed by atoms with Crippen molar-refractivity contribution in [2.24, 2.45) is 0 Å².